The van der Waals surface area contributed by atoms with E-state index in [2.05, 4.69) is 27.1 Å². The fourth-order valence-electron chi connectivity index (χ4n) is 4.53. The minimum Gasteiger partial charge on any atom is -0.379 e. The molecule has 0 bridgehead atoms. The van der Waals surface area contributed by atoms with Gasteiger partial charge in [0.2, 0.25) is 0 Å². The fraction of sp³-hybridized carbons (Fsp3) is 0.714. The van der Waals surface area contributed by atoms with Gasteiger partial charge in [-0.15, -0.1) is 0 Å². The number of likely N-dealkylation sites (tertiary alicyclic amines) is 2. The molecule has 4 heterocycles. The van der Waals surface area contributed by atoms with Crippen molar-refractivity contribution in [3.8, 4) is 0 Å². The molecule has 0 saturated carbocycles. The summed E-state index contributed by atoms with van der Waals surface area (Å²) in [5.74, 6) is 0.982. The van der Waals surface area contributed by atoms with Crippen LogP contribution in [0.5, 0.6) is 0 Å². The lowest BCUT2D eigenvalue weighted by Crippen LogP contribution is -2.50. The molecule has 0 unspecified atom stereocenters. The molecule has 0 aromatic carbocycles. The zero-order valence-corrected chi connectivity index (χ0v) is 17.0. The van der Waals surface area contributed by atoms with E-state index >= 15 is 0 Å². The highest BCUT2D eigenvalue weighted by molar-refractivity contribution is 5.94. The van der Waals surface area contributed by atoms with Gasteiger partial charge in [0.05, 0.1) is 18.8 Å². The highest BCUT2D eigenvalue weighted by Gasteiger charge is 2.28. The van der Waals surface area contributed by atoms with Crippen LogP contribution in [0, 0.1) is 0 Å². The fourth-order valence-corrected chi connectivity index (χ4v) is 4.53. The molecule has 3 aliphatic rings. The van der Waals surface area contributed by atoms with Crippen molar-refractivity contribution in [1.29, 1.82) is 0 Å². The maximum Gasteiger partial charge on any atom is 0.255 e. The van der Waals surface area contributed by atoms with Gasteiger partial charge >= 0.3 is 0 Å². The summed E-state index contributed by atoms with van der Waals surface area (Å²) in [6, 6.07) is 4.93. The van der Waals surface area contributed by atoms with Crippen LogP contribution in [0.4, 0.5) is 5.82 Å². The molecule has 0 aliphatic carbocycles. The van der Waals surface area contributed by atoms with Gasteiger partial charge in [-0.1, -0.05) is 0 Å². The molecular weight excluding hydrogens is 354 g/mol. The second kappa shape index (κ2) is 9.20. The number of ether oxygens (including phenoxy) is 1. The van der Waals surface area contributed by atoms with Crippen molar-refractivity contribution in [3.05, 3.63) is 23.9 Å². The lowest BCUT2D eigenvalue weighted by Gasteiger charge is -2.40. The number of pyridine rings is 1. The van der Waals surface area contributed by atoms with Crippen LogP contribution in [0.25, 0.3) is 0 Å². The first-order chi connectivity index (χ1) is 13.7. The molecule has 7 heteroatoms. The van der Waals surface area contributed by atoms with E-state index in [1.807, 2.05) is 17.0 Å². The third-order valence-corrected chi connectivity index (χ3v) is 6.39. The van der Waals surface area contributed by atoms with Gasteiger partial charge < -0.3 is 19.9 Å². The van der Waals surface area contributed by atoms with Gasteiger partial charge in [-0.05, 0) is 58.0 Å². The third-order valence-electron chi connectivity index (χ3n) is 6.39. The Morgan fingerprint density at radius 3 is 2.39 bits per heavy atom. The van der Waals surface area contributed by atoms with Crippen LogP contribution in [0.15, 0.2) is 18.3 Å². The topological polar surface area (TPSA) is 60.9 Å². The number of rotatable bonds is 4. The SMILES string of the molecule is CN1CCC(Nc2ccc(C(=O)N3CCC(N4CCOCC4)CC3)cn2)CC1. The minimum absolute atomic E-state index is 0.110. The van der Waals surface area contributed by atoms with E-state index in [0.717, 1.165) is 84.0 Å². The molecule has 3 saturated heterocycles. The zero-order valence-electron chi connectivity index (χ0n) is 17.0. The Hall–Kier alpha value is -1.70. The summed E-state index contributed by atoms with van der Waals surface area (Å²) in [6.45, 7) is 7.62. The van der Waals surface area contributed by atoms with Crippen molar-refractivity contribution >= 4 is 11.7 Å². The first-order valence-corrected chi connectivity index (χ1v) is 10.7. The summed E-state index contributed by atoms with van der Waals surface area (Å²) in [5.41, 5.74) is 0.693. The molecule has 1 amide bonds. The number of nitrogens with zero attached hydrogens (tertiary/aromatic N) is 4. The third kappa shape index (κ3) is 4.82. The standard InChI is InChI=1S/C21H33N5O2/c1-24-8-4-18(5-9-24)23-20-3-2-17(16-22-20)21(27)26-10-6-19(7-11-26)25-12-14-28-15-13-25/h2-3,16,18-19H,4-15H2,1H3,(H,22,23). The molecule has 1 N–H and O–H groups in total. The Labute approximate surface area is 168 Å². The number of nitrogens with one attached hydrogen (secondary N) is 1. The first kappa shape index (κ1) is 19.6. The average Bonchev–Trinajstić information content (AvgIpc) is 2.76. The summed E-state index contributed by atoms with van der Waals surface area (Å²) in [4.78, 5) is 24.2. The monoisotopic (exact) mass is 387 g/mol. The van der Waals surface area contributed by atoms with Crippen molar-refractivity contribution in [3.63, 3.8) is 0 Å². The number of morpholine rings is 1. The quantitative estimate of drug-likeness (QED) is 0.845. The smallest absolute Gasteiger partial charge is 0.255 e. The minimum atomic E-state index is 0.110. The number of anilines is 1. The molecule has 4 rings (SSSR count). The molecule has 7 nitrogen and oxygen atoms in total. The van der Waals surface area contributed by atoms with Gasteiger partial charge in [0, 0.05) is 44.5 Å². The van der Waals surface area contributed by atoms with E-state index in [9.17, 15) is 4.79 Å². The Kier molecular flexibility index (Phi) is 6.44. The van der Waals surface area contributed by atoms with Crippen LogP contribution < -0.4 is 5.32 Å². The largest absolute Gasteiger partial charge is 0.379 e. The van der Waals surface area contributed by atoms with E-state index in [-0.39, 0.29) is 5.91 Å². The first-order valence-electron chi connectivity index (χ1n) is 10.7. The summed E-state index contributed by atoms with van der Waals surface area (Å²) in [5, 5.41) is 3.51. The van der Waals surface area contributed by atoms with Crippen LogP contribution in [0.2, 0.25) is 0 Å². The lowest BCUT2D eigenvalue weighted by atomic mass is 10.0. The maximum atomic E-state index is 12.8. The summed E-state index contributed by atoms with van der Waals surface area (Å²) < 4.78 is 5.45. The number of carbonyl (C=O) groups is 1. The van der Waals surface area contributed by atoms with Gasteiger partial charge in [0.1, 0.15) is 5.82 Å². The Morgan fingerprint density at radius 1 is 1.04 bits per heavy atom. The molecule has 154 valence electrons. The molecule has 0 spiro atoms. The second-order valence-corrected chi connectivity index (χ2v) is 8.33. The number of carbonyl (C=O) groups excluding carboxylic acids is 1. The zero-order chi connectivity index (χ0) is 19.3. The maximum absolute atomic E-state index is 12.8. The van der Waals surface area contributed by atoms with Crippen LogP contribution in [-0.2, 0) is 4.74 Å². The van der Waals surface area contributed by atoms with Crippen molar-refractivity contribution in [2.24, 2.45) is 0 Å². The van der Waals surface area contributed by atoms with Crippen LogP contribution in [0.1, 0.15) is 36.0 Å². The van der Waals surface area contributed by atoms with Crippen LogP contribution in [-0.4, -0.2) is 97.2 Å². The average molecular weight is 388 g/mol. The molecule has 0 atom stereocenters. The highest BCUT2D eigenvalue weighted by atomic mass is 16.5. The Morgan fingerprint density at radius 2 is 1.75 bits per heavy atom. The van der Waals surface area contributed by atoms with Gasteiger partial charge in [-0.25, -0.2) is 4.98 Å². The number of hydrogen-bond donors (Lipinski definition) is 1. The van der Waals surface area contributed by atoms with Crippen LogP contribution in [0.3, 0.4) is 0 Å². The predicted molar refractivity (Wildman–Crippen MR) is 110 cm³/mol. The van der Waals surface area contributed by atoms with E-state index in [1.54, 1.807) is 6.20 Å². The van der Waals surface area contributed by atoms with Gasteiger partial charge in [0.25, 0.3) is 5.91 Å². The Balaban J connectivity index is 1.26. The van der Waals surface area contributed by atoms with Crippen molar-refractivity contribution in [2.75, 3.05) is 64.8 Å². The highest BCUT2D eigenvalue weighted by Crippen LogP contribution is 2.20. The van der Waals surface area contributed by atoms with E-state index < -0.39 is 0 Å². The molecular formula is C21H33N5O2. The lowest BCUT2D eigenvalue weighted by molar-refractivity contribution is 0.00158. The summed E-state index contributed by atoms with van der Waals surface area (Å²) in [6.07, 6.45) is 6.10. The van der Waals surface area contributed by atoms with E-state index in [4.69, 9.17) is 4.74 Å². The normalized spacial score (nSPS) is 23.7. The van der Waals surface area contributed by atoms with E-state index in [0.29, 0.717) is 17.6 Å². The van der Waals surface area contributed by atoms with Gasteiger partial charge in [0.15, 0.2) is 0 Å². The molecule has 3 aliphatic heterocycles. The van der Waals surface area contributed by atoms with Crippen molar-refractivity contribution in [2.45, 2.75) is 37.8 Å². The number of amides is 1. The van der Waals surface area contributed by atoms with Gasteiger partial charge in [-0.2, -0.15) is 0 Å². The Bertz CT molecular complexity index is 631. The number of aromatic nitrogens is 1. The number of hydrogen-bond acceptors (Lipinski definition) is 6. The van der Waals surface area contributed by atoms with Crippen molar-refractivity contribution < 1.29 is 9.53 Å². The molecule has 28 heavy (non-hydrogen) atoms. The molecule has 0 radical (unpaired) electrons. The van der Waals surface area contributed by atoms with E-state index in [1.165, 1.54) is 0 Å². The van der Waals surface area contributed by atoms with Crippen molar-refractivity contribution in [1.82, 2.24) is 19.7 Å². The molecule has 1 aromatic heterocycles. The summed E-state index contributed by atoms with van der Waals surface area (Å²) in [7, 11) is 2.17. The predicted octanol–water partition coefficient (Wildman–Crippen LogP) is 1.52. The number of piperidine rings is 2. The molecule has 1 aromatic rings. The molecule has 3 fully saturated rings. The van der Waals surface area contributed by atoms with Gasteiger partial charge in [-0.3, -0.25) is 9.69 Å². The second-order valence-electron chi connectivity index (χ2n) is 8.33. The van der Waals surface area contributed by atoms with Crippen LogP contribution >= 0.6 is 0 Å². The summed E-state index contributed by atoms with van der Waals surface area (Å²) >= 11 is 0.